The molecule has 2 heterocycles. The summed E-state index contributed by atoms with van der Waals surface area (Å²) in [6.45, 7) is 2.08. The first kappa shape index (κ1) is 17.9. The molecule has 0 N–H and O–H groups in total. The SMILES string of the molecule is Cn1c(N2CCN(C(=O)Cc3ccc(F)cc3)CC2)cc(=O)n(C)c1=O. The molecule has 0 saturated carbocycles. The number of carbonyl (C=O) groups is 1. The molecule has 26 heavy (non-hydrogen) atoms. The van der Waals surface area contributed by atoms with Crippen LogP contribution in [0.2, 0.25) is 0 Å². The van der Waals surface area contributed by atoms with Crippen molar-refractivity contribution in [1.29, 1.82) is 0 Å². The second-order valence-corrected chi connectivity index (χ2v) is 6.41. The van der Waals surface area contributed by atoms with Gasteiger partial charge in [0.25, 0.3) is 5.56 Å². The molecule has 1 aliphatic heterocycles. The molecule has 7 nitrogen and oxygen atoms in total. The Morgan fingerprint density at radius 1 is 1.00 bits per heavy atom. The fourth-order valence-electron chi connectivity index (χ4n) is 3.10. The van der Waals surface area contributed by atoms with Gasteiger partial charge in [0.05, 0.1) is 6.42 Å². The van der Waals surface area contributed by atoms with E-state index in [1.807, 2.05) is 4.90 Å². The molecule has 1 aromatic carbocycles. The highest BCUT2D eigenvalue weighted by molar-refractivity contribution is 5.79. The number of hydrogen-bond donors (Lipinski definition) is 0. The van der Waals surface area contributed by atoms with Gasteiger partial charge >= 0.3 is 5.69 Å². The maximum atomic E-state index is 12.9. The average Bonchev–Trinajstić information content (AvgIpc) is 2.65. The number of aromatic nitrogens is 2. The van der Waals surface area contributed by atoms with E-state index in [9.17, 15) is 18.8 Å². The fraction of sp³-hybridized carbons (Fsp3) is 0.389. The molecule has 3 rings (SSSR count). The van der Waals surface area contributed by atoms with E-state index in [2.05, 4.69) is 0 Å². The van der Waals surface area contributed by atoms with E-state index in [4.69, 9.17) is 0 Å². The molecule has 1 saturated heterocycles. The highest BCUT2D eigenvalue weighted by atomic mass is 19.1. The monoisotopic (exact) mass is 360 g/mol. The van der Waals surface area contributed by atoms with Crippen LogP contribution in [0.5, 0.6) is 0 Å². The maximum Gasteiger partial charge on any atom is 0.332 e. The quantitative estimate of drug-likeness (QED) is 0.780. The van der Waals surface area contributed by atoms with Crippen LogP contribution >= 0.6 is 0 Å². The maximum absolute atomic E-state index is 12.9. The minimum atomic E-state index is -0.373. The summed E-state index contributed by atoms with van der Waals surface area (Å²) in [4.78, 5) is 40.1. The number of hydrogen-bond acceptors (Lipinski definition) is 4. The zero-order valence-electron chi connectivity index (χ0n) is 14.8. The number of carbonyl (C=O) groups excluding carboxylic acids is 1. The van der Waals surface area contributed by atoms with Crippen LogP contribution in [0.1, 0.15) is 5.56 Å². The minimum absolute atomic E-state index is 0.0193. The van der Waals surface area contributed by atoms with E-state index in [1.165, 1.54) is 29.8 Å². The van der Waals surface area contributed by atoms with Crippen LogP contribution in [0.15, 0.2) is 39.9 Å². The number of rotatable bonds is 3. The molecule has 0 atom stereocenters. The molecular formula is C18H21FN4O3. The molecule has 0 bridgehead atoms. The van der Waals surface area contributed by atoms with Crippen molar-refractivity contribution in [3.05, 3.63) is 62.6 Å². The van der Waals surface area contributed by atoms with Crippen molar-refractivity contribution in [3.8, 4) is 0 Å². The first-order chi connectivity index (χ1) is 12.4. The number of anilines is 1. The fourth-order valence-corrected chi connectivity index (χ4v) is 3.10. The molecule has 0 unspecified atom stereocenters. The van der Waals surface area contributed by atoms with Gasteiger partial charge in [-0.15, -0.1) is 0 Å². The minimum Gasteiger partial charge on any atom is -0.354 e. The summed E-state index contributed by atoms with van der Waals surface area (Å²) in [6, 6.07) is 7.35. The third kappa shape index (κ3) is 3.54. The Hall–Kier alpha value is -2.90. The first-order valence-electron chi connectivity index (χ1n) is 8.41. The van der Waals surface area contributed by atoms with Gasteiger partial charge in [-0.3, -0.25) is 18.7 Å². The third-order valence-corrected chi connectivity index (χ3v) is 4.73. The zero-order valence-corrected chi connectivity index (χ0v) is 14.8. The van der Waals surface area contributed by atoms with E-state index in [0.29, 0.717) is 32.0 Å². The van der Waals surface area contributed by atoms with Gasteiger partial charge < -0.3 is 9.80 Å². The Morgan fingerprint density at radius 2 is 1.62 bits per heavy atom. The van der Waals surface area contributed by atoms with Crippen LogP contribution in [0.4, 0.5) is 10.2 Å². The summed E-state index contributed by atoms with van der Waals surface area (Å²) >= 11 is 0. The summed E-state index contributed by atoms with van der Waals surface area (Å²) < 4.78 is 15.5. The van der Waals surface area contributed by atoms with Gasteiger partial charge in [-0.05, 0) is 17.7 Å². The van der Waals surface area contributed by atoms with Gasteiger partial charge in [-0.1, -0.05) is 12.1 Å². The van der Waals surface area contributed by atoms with Crippen molar-refractivity contribution < 1.29 is 9.18 Å². The number of piperazine rings is 1. The smallest absolute Gasteiger partial charge is 0.332 e. The lowest BCUT2D eigenvalue weighted by atomic mass is 10.1. The van der Waals surface area contributed by atoms with Crippen LogP contribution in [-0.2, 0) is 25.3 Å². The molecule has 1 aromatic heterocycles. The Bertz CT molecular complexity index is 925. The first-order valence-corrected chi connectivity index (χ1v) is 8.41. The Balaban J connectivity index is 1.66. The van der Waals surface area contributed by atoms with Gasteiger partial charge in [0, 0.05) is 46.3 Å². The third-order valence-electron chi connectivity index (χ3n) is 4.73. The molecule has 1 amide bonds. The zero-order chi connectivity index (χ0) is 18.8. The summed E-state index contributed by atoms with van der Waals surface area (Å²) in [6.07, 6.45) is 0.227. The van der Waals surface area contributed by atoms with Crippen molar-refractivity contribution in [2.45, 2.75) is 6.42 Å². The molecule has 8 heteroatoms. The van der Waals surface area contributed by atoms with Crippen molar-refractivity contribution in [1.82, 2.24) is 14.0 Å². The molecule has 138 valence electrons. The van der Waals surface area contributed by atoms with Crippen molar-refractivity contribution in [2.75, 3.05) is 31.1 Å². The normalized spacial score (nSPS) is 14.6. The lowest BCUT2D eigenvalue weighted by molar-refractivity contribution is -0.130. The van der Waals surface area contributed by atoms with E-state index in [0.717, 1.165) is 10.1 Å². The summed E-state index contributed by atoms with van der Waals surface area (Å²) in [5.74, 6) is 0.215. The Labute approximate surface area is 149 Å². The standard InChI is InChI=1S/C18H21FN4O3/c1-20-15(12-16(24)21(2)18(20)26)22-7-9-23(10-8-22)17(25)11-13-3-5-14(19)6-4-13/h3-6,12H,7-11H2,1-2H3. The highest BCUT2D eigenvalue weighted by Crippen LogP contribution is 2.13. The Morgan fingerprint density at radius 3 is 2.23 bits per heavy atom. The van der Waals surface area contributed by atoms with E-state index in [-0.39, 0.29) is 29.4 Å². The van der Waals surface area contributed by atoms with Crippen LogP contribution in [0.25, 0.3) is 0 Å². The average molecular weight is 360 g/mol. The lowest BCUT2D eigenvalue weighted by Gasteiger charge is -2.36. The molecule has 2 aromatic rings. The van der Waals surface area contributed by atoms with Crippen molar-refractivity contribution in [3.63, 3.8) is 0 Å². The number of halogens is 1. The predicted octanol–water partition coefficient (Wildman–Crippen LogP) is 0.114. The largest absolute Gasteiger partial charge is 0.354 e. The summed E-state index contributed by atoms with van der Waals surface area (Å²) in [5, 5.41) is 0. The van der Waals surface area contributed by atoms with Gasteiger partial charge in [0.15, 0.2) is 0 Å². The second-order valence-electron chi connectivity index (χ2n) is 6.41. The Kier molecular flexibility index (Phi) is 4.92. The van der Waals surface area contributed by atoms with Crippen LogP contribution in [0.3, 0.4) is 0 Å². The van der Waals surface area contributed by atoms with E-state index in [1.54, 1.807) is 24.1 Å². The van der Waals surface area contributed by atoms with Gasteiger partial charge in [0.1, 0.15) is 11.6 Å². The van der Waals surface area contributed by atoms with E-state index >= 15 is 0 Å². The molecule has 0 spiro atoms. The number of benzene rings is 1. The summed E-state index contributed by atoms with van der Waals surface area (Å²) in [5.41, 5.74) is 0.0491. The second kappa shape index (κ2) is 7.15. The van der Waals surface area contributed by atoms with Gasteiger partial charge in [-0.25, -0.2) is 9.18 Å². The topological polar surface area (TPSA) is 67.5 Å². The number of nitrogens with zero attached hydrogens (tertiary/aromatic N) is 4. The number of amides is 1. The van der Waals surface area contributed by atoms with Crippen molar-refractivity contribution >= 4 is 11.7 Å². The molecule has 0 aliphatic carbocycles. The summed E-state index contributed by atoms with van der Waals surface area (Å²) in [7, 11) is 3.07. The molecular weight excluding hydrogens is 339 g/mol. The van der Waals surface area contributed by atoms with Crippen LogP contribution in [0, 0.1) is 5.82 Å². The molecule has 1 fully saturated rings. The lowest BCUT2D eigenvalue weighted by Crippen LogP contribution is -2.51. The predicted molar refractivity (Wildman–Crippen MR) is 95.8 cm³/mol. The molecule has 0 radical (unpaired) electrons. The van der Waals surface area contributed by atoms with Gasteiger partial charge in [0.2, 0.25) is 5.91 Å². The van der Waals surface area contributed by atoms with Crippen LogP contribution < -0.4 is 16.1 Å². The molecule has 1 aliphatic rings. The van der Waals surface area contributed by atoms with E-state index < -0.39 is 0 Å². The van der Waals surface area contributed by atoms with Gasteiger partial charge in [-0.2, -0.15) is 0 Å². The van der Waals surface area contributed by atoms with Crippen molar-refractivity contribution in [2.24, 2.45) is 14.1 Å². The van der Waals surface area contributed by atoms with Crippen LogP contribution in [-0.4, -0.2) is 46.1 Å². The highest BCUT2D eigenvalue weighted by Gasteiger charge is 2.23.